The van der Waals surface area contributed by atoms with E-state index in [0.717, 1.165) is 5.56 Å². The summed E-state index contributed by atoms with van der Waals surface area (Å²) in [6.07, 6.45) is 0.0320. The van der Waals surface area contributed by atoms with Gasteiger partial charge in [0.1, 0.15) is 6.61 Å². The number of carbonyl (C=O) groups excluding carboxylic acids is 2. The van der Waals surface area contributed by atoms with E-state index in [-0.39, 0.29) is 18.9 Å². The molecule has 1 aromatic carbocycles. The Balaban J connectivity index is 2.63. The third kappa shape index (κ3) is 6.55. The van der Waals surface area contributed by atoms with Gasteiger partial charge >= 0.3 is 5.97 Å². The number of benzene rings is 1. The first-order valence-corrected chi connectivity index (χ1v) is 6.85. The largest absolute Gasteiger partial charge is 0.469 e. The van der Waals surface area contributed by atoms with E-state index in [1.54, 1.807) is 31.4 Å². The summed E-state index contributed by atoms with van der Waals surface area (Å²) in [6.45, 7) is 0.639. The van der Waals surface area contributed by atoms with Gasteiger partial charge in [-0.3, -0.25) is 9.59 Å². The number of rotatable bonds is 9. The molecule has 1 aromatic rings. The molecule has 1 atom stereocenters. The summed E-state index contributed by atoms with van der Waals surface area (Å²) in [6, 6.07) is 6.44. The van der Waals surface area contributed by atoms with E-state index in [1.807, 2.05) is 0 Å². The van der Waals surface area contributed by atoms with Crippen molar-refractivity contribution in [1.82, 2.24) is 5.32 Å². The number of carbonyl (C=O) groups is 2. The highest BCUT2D eigenvalue weighted by Crippen LogP contribution is 2.18. The van der Waals surface area contributed by atoms with Crippen LogP contribution in [-0.2, 0) is 23.8 Å². The molecule has 1 amide bonds. The van der Waals surface area contributed by atoms with Crippen molar-refractivity contribution in [2.24, 2.45) is 0 Å². The first-order valence-electron chi connectivity index (χ1n) is 6.85. The van der Waals surface area contributed by atoms with Gasteiger partial charge in [-0.1, -0.05) is 12.1 Å². The van der Waals surface area contributed by atoms with E-state index >= 15 is 0 Å². The van der Waals surface area contributed by atoms with Crippen LogP contribution in [0.25, 0.3) is 0 Å². The molecule has 22 heavy (non-hydrogen) atoms. The summed E-state index contributed by atoms with van der Waals surface area (Å²) in [5.41, 5.74) is 7.01. The summed E-state index contributed by atoms with van der Waals surface area (Å²) in [4.78, 5) is 23.4. The Morgan fingerprint density at radius 3 is 2.45 bits per heavy atom. The second-order valence-corrected chi connectivity index (χ2v) is 4.61. The van der Waals surface area contributed by atoms with Crippen molar-refractivity contribution in [3.05, 3.63) is 29.8 Å². The normalized spacial score (nSPS) is 11.7. The molecule has 0 radical (unpaired) electrons. The van der Waals surface area contributed by atoms with Crippen LogP contribution in [0.15, 0.2) is 24.3 Å². The predicted octanol–water partition coefficient (Wildman–Crippen LogP) is 0.652. The van der Waals surface area contributed by atoms with Gasteiger partial charge in [0.2, 0.25) is 5.91 Å². The molecule has 0 fully saturated rings. The van der Waals surface area contributed by atoms with E-state index in [0.29, 0.717) is 18.9 Å². The Morgan fingerprint density at radius 2 is 1.86 bits per heavy atom. The van der Waals surface area contributed by atoms with E-state index in [1.165, 1.54) is 7.11 Å². The van der Waals surface area contributed by atoms with E-state index in [9.17, 15) is 9.59 Å². The highest BCUT2D eigenvalue weighted by molar-refractivity contribution is 5.79. The molecule has 0 saturated heterocycles. The minimum Gasteiger partial charge on any atom is -0.469 e. The first-order chi connectivity index (χ1) is 10.6. The van der Waals surface area contributed by atoms with Crippen LogP contribution in [0.2, 0.25) is 0 Å². The van der Waals surface area contributed by atoms with Gasteiger partial charge in [-0.15, -0.1) is 0 Å². The summed E-state index contributed by atoms with van der Waals surface area (Å²) in [5, 5.41) is 2.75. The van der Waals surface area contributed by atoms with Crippen LogP contribution in [0.5, 0.6) is 0 Å². The average Bonchev–Trinajstić information content (AvgIpc) is 2.51. The number of nitrogen functional groups attached to an aromatic ring is 1. The predicted molar refractivity (Wildman–Crippen MR) is 81.1 cm³/mol. The number of hydrogen-bond acceptors (Lipinski definition) is 6. The third-order valence-electron chi connectivity index (χ3n) is 2.94. The lowest BCUT2D eigenvalue weighted by molar-refractivity contribution is -0.141. The van der Waals surface area contributed by atoms with Crippen LogP contribution < -0.4 is 11.1 Å². The Morgan fingerprint density at radius 1 is 1.18 bits per heavy atom. The Bertz CT molecular complexity index is 475. The van der Waals surface area contributed by atoms with Gasteiger partial charge in [-0.2, -0.15) is 0 Å². The second-order valence-electron chi connectivity index (χ2n) is 4.61. The van der Waals surface area contributed by atoms with Gasteiger partial charge in [0.25, 0.3) is 0 Å². The molecule has 3 N–H and O–H groups in total. The molecule has 1 rings (SSSR count). The van der Waals surface area contributed by atoms with Crippen LogP contribution in [0.1, 0.15) is 18.0 Å². The van der Waals surface area contributed by atoms with Crippen molar-refractivity contribution in [1.29, 1.82) is 0 Å². The number of methoxy groups -OCH3 is 2. The molecule has 0 heterocycles. The van der Waals surface area contributed by atoms with Gasteiger partial charge in [0, 0.05) is 12.8 Å². The van der Waals surface area contributed by atoms with Crippen molar-refractivity contribution in [3.63, 3.8) is 0 Å². The smallest absolute Gasteiger partial charge is 0.307 e. The average molecular weight is 310 g/mol. The Labute approximate surface area is 129 Å². The lowest BCUT2D eigenvalue weighted by atomic mass is 10.0. The fourth-order valence-corrected chi connectivity index (χ4v) is 1.77. The first kappa shape index (κ1) is 17.9. The standard InChI is InChI=1S/C15H22N2O5/c1-20-7-8-22-10-14(18)17-13(9-15(19)21-2)11-3-5-12(16)6-4-11/h3-6,13H,7-10,16H2,1-2H3,(H,17,18). The lowest BCUT2D eigenvalue weighted by Crippen LogP contribution is -2.33. The zero-order valence-electron chi connectivity index (χ0n) is 12.8. The maximum Gasteiger partial charge on any atom is 0.307 e. The molecule has 7 nitrogen and oxygen atoms in total. The molecule has 7 heteroatoms. The molecule has 0 saturated carbocycles. The van der Waals surface area contributed by atoms with Gasteiger partial charge in [0.15, 0.2) is 0 Å². The summed E-state index contributed by atoms with van der Waals surface area (Å²) in [5.74, 6) is -0.732. The number of esters is 1. The van der Waals surface area contributed by atoms with Crippen LogP contribution in [0.3, 0.4) is 0 Å². The highest BCUT2D eigenvalue weighted by Gasteiger charge is 2.18. The maximum atomic E-state index is 11.9. The zero-order chi connectivity index (χ0) is 16.4. The van der Waals surface area contributed by atoms with Crippen LogP contribution >= 0.6 is 0 Å². The Kier molecular flexibility index (Phi) is 7.95. The molecule has 0 aromatic heterocycles. The molecule has 0 aliphatic carbocycles. The van der Waals surface area contributed by atoms with E-state index in [4.69, 9.17) is 15.2 Å². The molecule has 0 bridgehead atoms. The minimum absolute atomic E-state index is 0.0320. The van der Waals surface area contributed by atoms with Crippen molar-refractivity contribution in [3.8, 4) is 0 Å². The van der Waals surface area contributed by atoms with Gasteiger partial charge in [-0.25, -0.2) is 0 Å². The number of hydrogen-bond donors (Lipinski definition) is 2. The SMILES string of the molecule is COCCOCC(=O)NC(CC(=O)OC)c1ccc(N)cc1. The Hall–Kier alpha value is -2.12. The number of nitrogens with two attached hydrogens (primary N) is 1. The fourth-order valence-electron chi connectivity index (χ4n) is 1.77. The van der Waals surface area contributed by atoms with Crippen LogP contribution in [-0.4, -0.2) is 45.9 Å². The van der Waals surface area contributed by atoms with E-state index < -0.39 is 12.0 Å². The number of anilines is 1. The van der Waals surface area contributed by atoms with E-state index in [2.05, 4.69) is 10.1 Å². The van der Waals surface area contributed by atoms with Gasteiger partial charge in [-0.05, 0) is 17.7 Å². The molecule has 122 valence electrons. The number of amides is 1. The lowest BCUT2D eigenvalue weighted by Gasteiger charge is -2.18. The van der Waals surface area contributed by atoms with Crippen molar-refractivity contribution < 1.29 is 23.8 Å². The summed E-state index contributed by atoms with van der Waals surface area (Å²) < 4.78 is 14.6. The quantitative estimate of drug-likeness (QED) is 0.395. The van der Waals surface area contributed by atoms with Crippen molar-refractivity contribution >= 4 is 17.6 Å². The molecule has 0 aliphatic rings. The van der Waals surface area contributed by atoms with Crippen molar-refractivity contribution in [2.75, 3.05) is 39.8 Å². The number of nitrogens with one attached hydrogen (secondary N) is 1. The van der Waals surface area contributed by atoms with Crippen molar-refractivity contribution in [2.45, 2.75) is 12.5 Å². The maximum absolute atomic E-state index is 11.9. The summed E-state index contributed by atoms with van der Waals surface area (Å²) in [7, 11) is 2.86. The van der Waals surface area contributed by atoms with Crippen LogP contribution in [0.4, 0.5) is 5.69 Å². The second kappa shape index (κ2) is 9.75. The number of ether oxygens (including phenoxy) is 3. The fraction of sp³-hybridized carbons (Fsp3) is 0.467. The molecule has 0 spiro atoms. The van der Waals surface area contributed by atoms with Crippen LogP contribution in [0, 0.1) is 0 Å². The zero-order valence-corrected chi connectivity index (χ0v) is 12.8. The third-order valence-corrected chi connectivity index (χ3v) is 2.94. The summed E-state index contributed by atoms with van der Waals surface area (Å²) >= 11 is 0. The molecular weight excluding hydrogens is 288 g/mol. The topological polar surface area (TPSA) is 99.9 Å². The minimum atomic E-state index is -0.494. The molecule has 1 unspecified atom stereocenters. The highest BCUT2D eigenvalue weighted by atomic mass is 16.5. The van der Waals surface area contributed by atoms with Gasteiger partial charge < -0.3 is 25.3 Å². The monoisotopic (exact) mass is 310 g/mol. The molecular formula is C15H22N2O5. The van der Waals surface area contributed by atoms with Gasteiger partial charge in [0.05, 0.1) is 32.8 Å². The molecule has 0 aliphatic heterocycles.